The molecule has 0 atom stereocenters. The lowest BCUT2D eigenvalue weighted by molar-refractivity contribution is 0.304. The van der Waals surface area contributed by atoms with Gasteiger partial charge in [0.2, 0.25) is 0 Å². The smallest absolute Gasteiger partial charge is 0.155 e. The van der Waals surface area contributed by atoms with Gasteiger partial charge in [-0.15, -0.1) is 0 Å². The monoisotopic (exact) mass is 259 g/mol. The zero-order chi connectivity index (χ0) is 13.7. The Morgan fingerprint density at radius 2 is 1.95 bits per heavy atom. The first-order chi connectivity index (χ1) is 9.22. The van der Waals surface area contributed by atoms with Crippen molar-refractivity contribution in [3.63, 3.8) is 0 Å². The summed E-state index contributed by atoms with van der Waals surface area (Å²) in [7, 11) is 0. The number of aliphatic imine (C=N–C) groups is 1. The summed E-state index contributed by atoms with van der Waals surface area (Å²) in [6.07, 6.45) is 6.12. The molecule has 19 heavy (non-hydrogen) atoms. The van der Waals surface area contributed by atoms with Gasteiger partial charge < -0.3 is 10.5 Å². The molecule has 1 aliphatic rings. The van der Waals surface area contributed by atoms with E-state index in [0.29, 0.717) is 5.84 Å². The van der Waals surface area contributed by atoms with E-state index in [0.717, 1.165) is 29.9 Å². The Bertz CT molecular complexity index is 494. The third-order valence-electron chi connectivity index (χ3n) is 3.27. The summed E-state index contributed by atoms with van der Waals surface area (Å²) in [5.74, 6) is 1.44. The molecular formula is C15H21N3O. The molecule has 0 aliphatic carbocycles. The van der Waals surface area contributed by atoms with Crippen LogP contribution in [0.3, 0.4) is 0 Å². The van der Waals surface area contributed by atoms with Gasteiger partial charge in [-0.05, 0) is 24.6 Å². The summed E-state index contributed by atoms with van der Waals surface area (Å²) in [6, 6.07) is 5.63. The van der Waals surface area contributed by atoms with Crippen LogP contribution in [0.5, 0.6) is 5.75 Å². The first-order valence-electron chi connectivity index (χ1n) is 6.92. The van der Waals surface area contributed by atoms with Crippen molar-refractivity contribution in [3.8, 4) is 5.75 Å². The van der Waals surface area contributed by atoms with E-state index in [-0.39, 0.29) is 5.84 Å². The van der Waals surface area contributed by atoms with Gasteiger partial charge in [0.05, 0.1) is 6.61 Å². The van der Waals surface area contributed by atoms with Crippen LogP contribution in [0.15, 0.2) is 23.2 Å². The van der Waals surface area contributed by atoms with E-state index < -0.39 is 0 Å². The molecule has 0 fully saturated rings. The maximum absolute atomic E-state index is 7.72. The fourth-order valence-electron chi connectivity index (χ4n) is 2.17. The third-order valence-corrected chi connectivity index (χ3v) is 3.27. The topological polar surface area (TPSA) is 71.5 Å². The van der Waals surface area contributed by atoms with Gasteiger partial charge in [-0.2, -0.15) is 0 Å². The van der Waals surface area contributed by atoms with Crippen molar-refractivity contribution in [2.45, 2.75) is 39.0 Å². The van der Waals surface area contributed by atoms with E-state index in [2.05, 4.69) is 11.9 Å². The van der Waals surface area contributed by atoms with E-state index in [4.69, 9.17) is 15.9 Å². The Morgan fingerprint density at radius 3 is 2.74 bits per heavy atom. The van der Waals surface area contributed by atoms with Gasteiger partial charge in [0.1, 0.15) is 11.6 Å². The Morgan fingerprint density at radius 1 is 1.16 bits per heavy atom. The van der Waals surface area contributed by atoms with E-state index in [1.165, 1.54) is 25.7 Å². The van der Waals surface area contributed by atoms with E-state index in [1.807, 2.05) is 18.2 Å². The average Bonchev–Trinajstić information content (AvgIpc) is 2.69. The van der Waals surface area contributed by atoms with Crippen LogP contribution < -0.4 is 10.5 Å². The highest BCUT2D eigenvalue weighted by Gasteiger charge is 2.18. The highest BCUT2D eigenvalue weighted by Crippen LogP contribution is 2.23. The van der Waals surface area contributed by atoms with Crippen molar-refractivity contribution in [1.29, 1.82) is 5.41 Å². The van der Waals surface area contributed by atoms with E-state index in [1.54, 1.807) is 0 Å². The highest BCUT2D eigenvalue weighted by molar-refractivity contribution is 6.20. The quantitative estimate of drug-likeness (QED) is 0.739. The zero-order valence-electron chi connectivity index (χ0n) is 11.4. The van der Waals surface area contributed by atoms with Crippen molar-refractivity contribution in [1.82, 2.24) is 0 Å². The number of benzene rings is 1. The molecule has 1 aromatic carbocycles. The lowest BCUT2D eigenvalue weighted by atomic mass is 10.1. The molecule has 0 amide bonds. The van der Waals surface area contributed by atoms with Crippen LogP contribution in [-0.2, 0) is 0 Å². The second-order valence-corrected chi connectivity index (χ2v) is 4.82. The molecule has 2 rings (SSSR count). The summed E-state index contributed by atoms with van der Waals surface area (Å²) in [6.45, 7) is 2.94. The molecular weight excluding hydrogens is 238 g/mol. The van der Waals surface area contributed by atoms with Crippen LogP contribution in [0.25, 0.3) is 0 Å². The van der Waals surface area contributed by atoms with Gasteiger partial charge >= 0.3 is 0 Å². The summed E-state index contributed by atoms with van der Waals surface area (Å²) in [5.41, 5.74) is 7.32. The van der Waals surface area contributed by atoms with E-state index in [9.17, 15) is 0 Å². The summed E-state index contributed by atoms with van der Waals surface area (Å²) >= 11 is 0. The molecule has 0 radical (unpaired) electrons. The van der Waals surface area contributed by atoms with Crippen LogP contribution in [0, 0.1) is 5.41 Å². The second kappa shape index (κ2) is 6.36. The molecule has 0 aromatic heterocycles. The number of nitrogens with one attached hydrogen (secondary N) is 1. The minimum absolute atomic E-state index is 0.223. The summed E-state index contributed by atoms with van der Waals surface area (Å²) in [5, 5.41) is 7.72. The number of fused-ring (bicyclic) bond motifs is 1. The molecule has 1 heterocycles. The fraction of sp³-hybridized carbons (Fsp3) is 0.467. The number of nitrogens with two attached hydrogens (primary N) is 1. The van der Waals surface area contributed by atoms with Gasteiger partial charge in [0.25, 0.3) is 0 Å². The van der Waals surface area contributed by atoms with Gasteiger partial charge in [-0.25, -0.2) is 4.99 Å². The molecule has 0 saturated heterocycles. The summed E-state index contributed by atoms with van der Waals surface area (Å²) in [4.78, 5) is 3.95. The maximum atomic E-state index is 7.72. The number of hydrogen-bond donors (Lipinski definition) is 2. The Hall–Kier alpha value is -1.84. The van der Waals surface area contributed by atoms with Crippen molar-refractivity contribution < 1.29 is 4.74 Å². The van der Waals surface area contributed by atoms with E-state index >= 15 is 0 Å². The number of amidine groups is 2. The number of hydrogen-bond acceptors (Lipinski definition) is 3. The SMILES string of the molecule is CCCCCCCOc1ccc2c(c1)C(=N)N=C2N. The lowest BCUT2D eigenvalue weighted by Gasteiger charge is -2.07. The standard InChI is InChI=1S/C15H21N3O/c1-2-3-4-5-6-9-19-11-7-8-12-13(10-11)15(17)18-14(12)16/h7-8,10H,2-6,9H2,1H3,(H3,16,17,18). The molecule has 0 spiro atoms. The Kier molecular flexibility index (Phi) is 4.55. The third kappa shape index (κ3) is 3.34. The van der Waals surface area contributed by atoms with Crippen LogP contribution in [0.4, 0.5) is 0 Å². The normalized spacial score (nSPS) is 13.3. The zero-order valence-corrected chi connectivity index (χ0v) is 11.4. The molecule has 0 saturated carbocycles. The van der Waals surface area contributed by atoms with Crippen molar-refractivity contribution in [2.24, 2.45) is 10.7 Å². The average molecular weight is 259 g/mol. The molecule has 0 unspecified atom stereocenters. The van der Waals surface area contributed by atoms with Crippen LogP contribution in [0.2, 0.25) is 0 Å². The Balaban J connectivity index is 1.83. The first-order valence-corrected chi connectivity index (χ1v) is 6.92. The molecule has 1 aliphatic heterocycles. The minimum atomic E-state index is 0.223. The molecule has 0 bridgehead atoms. The number of rotatable bonds is 7. The van der Waals surface area contributed by atoms with Crippen LogP contribution in [-0.4, -0.2) is 18.3 Å². The fourth-order valence-corrected chi connectivity index (χ4v) is 2.17. The molecule has 102 valence electrons. The van der Waals surface area contributed by atoms with Gasteiger partial charge in [0, 0.05) is 11.1 Å². The maximum Gasteiger partial charge on any atom is 0.155 e. The summed E-state index contributed by atoms with van der Waals surface area (Å²) < 4.78 is 5.71. The minimum Gasteiger partial charge on any atom is -0.494 e. The predicted octanol–water partition coefficient (Wildman–Crippen LogP) is 3.08. The van der Waals surface area contributed by atoms with Crippen molar-refractivity contribution >= 4 is 11.7 Å². The van der Waals surface area contributed by atoms with Crippen molar-refractivity contribution in [3.05, 3.63) is 29.3 Å². The number of ether oxygens (including phenoxy) is 1. The van der Waals surface area contributed by atoms with Gasteiger partial charge in [0.15, 0.2) is 5.84 Å². The molecule has 3 N–H and O–H groups in total. The first kappa shape index (κ1) is 13.6. The van der Waals surface area contributed by atoms with Gasteiger partial charge in [-0.3, -0.25) is 5.41 Å². The largest absolute Gasteiger partial charge is 0.494 e. The van der Waals surface area contributed by atoms with Crippen LogP contribution in [0.1, 0.15) is 50.2 Å². The molecule has 1 aromatic rings. The van der Waals surface area contributed by atoms with Crippen LogP contribution >= 0.6 is 0 Å². The lowest BCUT2D eigenvalue weighted by Crippen LogP contribution is -2.10. The highest BCUT2D eigenvalue weighted by atomic mass is 16.5. The number of unbranched alkanes of at least 4 members (excludes halogenated alkanes) is 4. The second-order valence-electron chi connectivity index (χ2n) is 4.82. The van der Waals surface area contributed by atoms with Crippen molar-refractivity contribution in [2.75, 3.05) is 6.61 Å². The molecule has 4 nitrogen and oxygen atoms in total. The predicted molar refractivity (Wildman–Crippen MR) is 78.2 cm³/mol. The van der Waals surface area contributed by atoms with Gasteiger partial charge in [-0.1, -0.05) is 32.6 Å². The molecule has 4 heteroatoms. The Labute approximate surface area is 114 Å². The number of nitrogens with zero attached hydrogens (tertiary/aromatic N) is 1.